The molecular formula is C25H58O8Si7. The van der Waals surface area contributed by atoms with E-state index in [1.54, 1.807) is 0 Å². The second-order valence-electron chi connectivity index (χ2n) is 17.0. The average Bonchev–Trinajstić information content (AvgIpc) is 3.13. The van der Waals surface area contributed by atoms with Crippen LogP contribution in [-0.2, 0) is 36.7 Å². The van der Waals surface area contributed by atoms with E-state index in [9.17, 15) is 4.79 Å². The zero-order valence-corrected chi connectivity index (χ0v) is 35.4. The Balaban J connectivity index is 2.27. The van der Waals surface area contributed by atoms with Crippen molar-refractivity contribution >= 4 is 58.6 Å². The molecule has 40 heavy (non-hydrogen) atoms. The standard InChI is InChI=1S/C25H58O8Si7/c1-19(26)28-22-21(29-24-23(22)30-25(2,3)31-24)20-18-27-39(34(4,5)6,35(7,8)9)33-38(16,17)40(32-20,36(10,11)12)37(13,14)15/h20-24H,18H2,1-17H3/t20-,21-,22+,23-,24-/m1/s1. The average molecular weight is 683 g/mol. The van der Waals surface area contributed by atoms with Crippen molar-refractivity contribution in [2.45, 2.75) is 149 Å². The molecule has 3 saturated heterocycles. The molecule has 8 nitrogen and oxygen atoms in total. The number of carbonyl (C=O) groups is 1. The molecule has 0 bridgehead atoms. The third kappa shape index (κ3) is 5.90. The first kappa shape index (κ1) is 35.2. The maximum atomic E-state index is 12.4. The van der Waals surface area contributed by atoms with Gasteiger partial charge in [-0.1, -0.05) is 78.6 Å². The molecule has 0 aromatic heterocycles. The molecule has 3 aliphatic heterocycles. The Bertz CT molecular complexity index is 936. The van der Waals surface area contributed by atoms with E-state index in [1.807, 2.05) is 13.8 Å². The predicted octanol–water partition coefficient (Wildman–Crippen LogP) is 5.56. The van der Waals surface area contributed by atoms with Crippen LogP contribution in [-0.4, -0.2) is 102 Å². The molecule has 0 radical (unpaired) electrons. The monoisotopic (exact) mass is 682 g/mol. The smallest absolute Gasteiger partial charge is 0.303 e. The second-order valence-corrected chi connectivity index (χ2v) is 79.9. The Hall–Kier alpha value is 0.748. The summed E-state index contributed by atoms with van der Waals surface area (Å²) in [6.45, 7) is 37.7. The third-order valence-corrected chi connectivity index (χ3v) is 109. The van der Waals surface area contributed by atoms with Gasteiger partial charge in [0.1, 0.15) is 6.10 Å². The van der Waals surface area contributed by atoms with Crippen molar-refractivity contribution in [1.29, 1.82) is 0 Å². The van der Waals surface area contributed by atoms with Gasteiger partial charge >= 0.3 is 5.97 Å². The Morgan fingerprint density at radius 1 is 0.800 bits per heavy atom. The fraction of sp³-hybridized carbons (Fsp3) is 0.960. The molecule has 5 atom stereocenters. The van der Waals surface area contributed by atoms with Gasteiger partial charge in [0, 0.05) is 6.92 Å². The summed E-state index contributed by atoms with van der Waals surface area (Å²) in [7, 11) is -12.8. The van der Waals surface area contributed by atoms with Gasteiger partial charge in [0.2, 0.25) is 0 Å². The van der Waals surface area contributed by atoms with E-state index in [0.29, 0.717) is 6.61 Å². The van der Waals surface area contributed by atoms with Gasteiger partial charge in [-0.3, -0.25) is 4.79 Å². The summed E-state index contributed by atoms with van der Waals surface area (Å²) in [5.41, 5.74) is 0. The number of esters is 1. The maximum absolute atomic E-state index is 12.4. The van der Waals surface area contributed by atoms with Gasteiger partial charge in [-0.25, -0.2) is 0 Å². The highest BCUT2D eigenvalue weighted by Crippen LogP contribution is 2.47. The lowest BCUT2D eigenvalue weighted by Gasteiger charge is -2.63. The van der Waals surface area contributed by atoms with Crippen LogP contribution < -0.4 is 0 Å². The molecule has 0 N–H and O–H groups in total. The summed E-state index contributed by atoms with van der Waals surface area (Å²) < 4.78 is 47.9. The predicted molar refractivity (Wildman–Crippen MR) is 179 cm³/mol. The number of fused-ring (bicyclic) bond motifs is 1. The summed E-state index contributed by atoms with van der Waals surface area (Å²) >= 11 is 0. The highest BCUT2D eigenvalue weighted by atomic mass is 29.9. The van der Waals surface area contributed by atoms with Gasteiger partial charge in [0.25, 0.3) is 7.60 Å². The Morgan fingerprint density at radius 3 is 1.73 bits per heavy atom. The molecule has 0 aromatic carbocycles. The fourth-order valence-electron chi connectivity index (χ4n) is 8.50. The molecule has 234 valence electrons. The number of hydrogen-bond donors (Lipinski definition) is 0. The van der Waals surface area contributed by atoms with Crippen LogP contribution in [0.25, 0.3) is 0 Å². The van der Waals surface area contributed by atoms with Crippen LogP contribution in [0.15, 0.2) is 0 Å². The first-order valence-corrected chi connectivity index (χ1v) is 40.5. The van der Waals surface area contributed by atoms with Crippen LogP contribution >= 0.6 is 0 Å². The fourth-order valence-corrected chi connectivity index (χ4v) is 148. The van der Waals surface area contributed by atoms with Crippen molar-refractivity contribution in [3.8, 4) is 0 Å². The van der Waals surface area contributed by atoms with E-state index in [1.165, 1.54) is 6.92 Å². The summed E-state index contributed by atoms with van der Waals surface area (Å²) in [6.07, 6.45) is -2.68. The molecule has 0 amide bonds. The minimum absolute atomic E-state index is 0.357. The second kappa shape index (κ2) is 10.7. The van der Waals surface area contributed by atoms with Gasteiger partial charge in [-0.2, -0.15) is 0 Å². The topological polar surface area (TPSA) is 81.7 Å². The molecule has 3 fully saturated rings. The van der Waals surface area contributed by atoms with Crippen LogP contribution in [0.2, 0.25) is 91.7 Å². The SMILES string of the molecule is CC(=O)O[C@@H]1[C@H]2OC(C)(C)O[C@H]2O[C@@H]1[C@H]1CO[Si]([Si](C)(C)C)([Si](C)(C)C)O[Si](C)(C)[Si]([Si](C)(C)C)([Si](C)(C)C)O1. The van der Waals surface area contributed by atoms with Gasteiger partial charge in [0.15, 0.2) is 39.0 Å². The maximum Gasteiger partial charge on any atom is 0.303 e. The largest absolute Gasteiger partial charge is 0.457 e. The summed E-state index contributed by atoms with van der Waals surface area (Å²) in [5.74, 6) is -1.17. The summed E-state index contributed by atoms with van der Waals surface area (Å²) in [4.78, 5) is 12.4. The van der Waals surface area contributed by atoms with E-state index in [-0.39, 0.29) is 12.1 Å². The summed E-state index contributed by atoms with van der Waals surface area (Å²) in [6, 6.07) is 0. The highest BCUT2D eigenvalue weighted by Gasteiger charge is 2.74. The van der Waals surface area contributed by atoms with Crippen LogP contribution in [0, 0.1) is 0 Å². The van der Waals surface area contributed by atoms with Gasteiger partial charge in [0.05, 0.1) is 43.1 Å². The Labute approximate surface area is 250 Å². The van der Waals surface area contributed by atoms with Crippen molar-refractivity contribution in [3.63, 3.8) is 0 Å². The van der Waals surface area contributed by atoms with E-state index >= 15 is 0 Å². The van der Waals surface area contributed by atoms with Crippen LogP contribution in [0.3, 0.4) is 0 Å². The van der Waals surface area contributed by atoms with Crippen molar-refractivity contribution in [3.05, 3.63) is 0 Å². The Kier molecular flexibility index (Phi) is 9.41. The molecule has 3 aliphatic rings. The van der Waals surface area contributed by atoms with E-state index in [2.05, 4.69) is 91.7 Å². The number of hydrogen-bond acceptors (Lipinski definition) is 8. The van der Waals surface area contributed by atoms with E-state index in [0.717, 1.165) is 0 Å². The molecule has 0 aliphatic carbocycles. The quantitative estimate of drug-likeness (QED) is 0.266. The lowest BCUT2D eigenvalue weighted by molar-refractivity contribution is -0.229. The van der Waals surface area contributed by atoms with Gasteiger partial charge < -0.3 is 31.9 Å². The highest BCUT2D eigenvalue weighted by molar-refractivity contribution is 7.87. The molecule has 3 heterocycles. The van der Waals surface area contributed by atoms with Crippen molar-refractivity contribution < 1.29 is 36.7 Å². The number of carbonyl (C=O) groups excluding carboxylic acids is 1. The number of ether oxygens (including phenoxy) is 4. The van der Waals surface area contributed by atoms with Crippen LogP contribution in [0.4, 0.5) is 0 Å². The van der Waals surface area contributed by atoms with E-state index < -0.39 is 83.1 Å². The zero-order chi connectivity index (χ0) is 31.1. The molecule has 0 saturated carbocycles. The molecule has 0 spiro atoms. The van der Waals surface area contributed by atoms with Crippen LogP contribution in [0.5, 0.6) is 0 Å². The normalized spacial score (nSPS) is 34.1. The molecule has 15 heteroatoms. The molecular weight excluding hydrogens is 625 g/mol. The number of rotatable bonds is 6. The van der Waals surface area contributed by atoms with Gasteiger partial charge in [-0.15, -0.1) is 0 Å². The van der Waals surface area contributed by atoms with Crippen molar-refractivity contribution in [2.75, 3.05) is 6.61 Å². The molecule has 0 unspecified atom stereocenters. The lowest BCUT2D eigenvalue weighted by Crippen LogP contribution is -2.91. The van der Waals surface area contributed by atoms with Crippen molar-refractivity contribution in [2.24, 2.45) is 0 Å². The molecule has 3 rings (SSSR count). The Morgan fingerprint density at radius 2 is 1.30 bits per heavy atom. The lowest BCUT2D eigenvalue weighted by atomic mass is 10.1. The minimum Gasteiger partial charge on any atom is -0.457 e. The zero-order valence-electron chi connectivity index (χ0n) is 28.4. The first-order valence-electron chi connectivity index (χ1n) is 14.8. The third-order valence-electron chi connectivity index (χ3n) is 8.81. The van der Waals surface area contributed by atoms with E-state index in [4.69, 9.17) is 31.9 Å². The summed E-state index contributed by atoms with van der Waals surface area (Å²) in [5, 5.41) is 0. The van der Waals surface area contributed by atoms with Gasteiger partial charge in [-0.05, 0) is 26.9 Å². The van der Waals surface area contributed by atoms with Crippen LogP contribution in [0.1, 0.15) is 20.8 Å². The molecule has 0 aromatic rings. The minimum atomic E-state index is -2.64. The van der Waals surface area contributed by atoms with Crippen molar-refractivity contribution in [1.82, 2.24) is 0 Å². The first-order chi connectivity index (χ1) is 17.6.